The molecule has 1 amide bonds. The lowest BCUT2D eigenvalue weighted by Crippen LogP contribution is -2.40. The number of nitrogens with two attached hydrogens (primary N) is 1. The summed E-state index contributed by atoms with van der Waals surface area (Å²) < 4.78 is 6.10. The summed E-state index contributed by atoms with van der Waals surface area (Å²) in [4.78, 5) is 36.6. The van der Waals surface area contributed by atoms with Crippen LogP contribution in [0, 0.1) is 0 Å². The minimum absolute atomic E-state index is 0.00965. The van der Waals surface area contributed by atoms with Crippen molar-refractivity contribution in [3.63, 3.8) is 0 Å². The van der Waals surface area contributed by atoms with Crippen molar-refractivity contribution in [1.82, 2.24) is 5.32 Å². The lowest BCUT2D eigenvalue weighted by Gasteiger charge is -2.18. The first kappa shape index (κ1) is 59.4. The predicted molar refractivity (Wildman–Crippen MR) is 262 cm³/mol. The van der Waals surface area contributed by atoms with Gasteiger partial charge < -0.3 is 20.9 Å². The van der Waals surface area contributed by atoms with Gasteiger partial charge in [0.25, 0.3) is 0 Å². The van der Waals surface area contributed by atoms with Crippen LogP contribution in [-0.4, -0.2) is 41.6 Å². The standard InChI is InChI=1S/C54H106N2O5/c1-3-5-7-9-11-13-15-17-18-19-20-21-22-23-24-25-26-27-29-31-33-38-42-48-53(58)61-50(44-39-35-32-30-28-16-14-12-10-8-6-4-2)45-40-36-34-37-41-47-52(57)56-51(54(59)60)46-43-49-55/h50-51H,3-49,55H2,1-2H3,(H,56,57)(H,59,60). The third kappa shape index (κ3) is 46.2. The largest absolute Gasteiger partial charge is 0.480 e. The van der Waals surface area contributed by atoms with Crippen molar-refractivity contribution in [2.24, 2.45) is 5.73 Å². The Bertz CT molecular complexity index is 929. The second kappa shape index (κ2) is 49.4. The fourth-order valence-electron chi connectivity index (χ4n) is 8.81. The molecule has 0 heterocycles. The van der Waals surface area contributed by atoms with E-state index in [9.17, 15) is 19.5 Å². The first-order chi connectivity index (χ1) is 29.9. The van der Waals surface area contributed by atoms with Gasteiger partial charge in [-0.05, 0) is 57.9 Å². The topological polar surface area (TPSA) is 119 Å². The highest BCUT2D eigenvalue weighted by Gasteiger charge is 2.19. The summed E-state index contributed by atoms with van der Waals surface area (Å²) in [7, 11) is 0. The number of rotatable bonds is 51. The van der Waals surface area contributed by atoms with Crippen LogP contribution >= 0.6 is 0 Å². The molecule has 0 saturated heterocycles. The van der Waals surface area contributed by atoms with Gasteiger partial charge in [0, 0.05) is 12.8 Å². The van der Waals surface area contributed by atoms with Crippen molar-refractivity contribution >= 4 is 17.8 Å². The molecule has 362 valence electrons. The van der Waals surface area contributed by atoms with E-state index in [1.165, 1.54) is 205 Å². The van der Waals surface area contributed by atoms with Crippen molar-refractivity contribution in [2.75, 3.05) is 6.54 Å². The third-order valence-corrected chi connectivity index (χ3v) is 12.9. The molecule has 0 aromatic heterocycles. The van der Waals surface area contributed by atoms with Crippen molar-refractivity contribution in [1.29, 1.82) is 0 Å². The number of esters is 1. The van der Waals surface area contributed by atoms with Gasteiger partial charge in [-0.1, -0.05) is 245 Å². The Morgan fingerprint density at radius 3 is 1.02 bits per heavy atom. The normalized spacial score (nSPS) is 12.4. The molecule has 2 atom stereocenters. The van der Waals surface area contributed by atoms with Crippen LogP contribution < -0.4 is 11.1 Å². The molecule has 0 aliphatic heterocycles. The molecule has 0 aliphatic rings. The van der Waals surface area contributed by atoms with E-state index in [0.29, 0.717) is 32.2 Å². The molecule has 0 aliphatic carbocycles. The number of hydrogen-bond acceptors (Lipinski definition) is 5. The fraction of sp³-hybridized carbons (Fsp3) is 0.944. The lowest BCUT2D eigenvalue weighted by atomic mass is 10.0. The molecule has 2 unspecified atom stereocenters. The highest BCUT2D eigenvalue weighted by molar-refractivity contribution is 5.83. The second-order valence-corrected chi connectivity index (χ2v) is 19.0. The number of ether oxygens (including phenoxy) is 1. The summed E-state index contributed by atoms with van der Waals surface area (Å²) in [5.41, 5.74) is 5.50. The summed E-state index contributed by atoms with van der Waals surface area (Å²) in [6, 6.07) is -0.853. The molecule has 0 saturated carbocycles. The number of hydrogen-bond donors (Lipinski definition) is 3. The average molecular weight is 863 g/mol. The van der Waals surface area contributed by atoms with E-state index in [-0.39, 0.29) is 18.0 Å². The van der Waals surface area contributed by atoms with Gasteiger partial charge in [0.15, 0.2) is 0 Å². The summed E-state index contributed by atoms with van der Waals surface area (Å²) in [6.45, 7) is 4.99. The molecule has 0 radical (unpaired) electrons. The summed E-state index contributed by atoms with van der Waals surface area (Å²) in [5, 5.41) is 12.0. The quantitative estimate of drug-likeness (QED) is 0.0414. The summed E-state index contributed by atoms with van der Waals surface area (Å²) in [6.07, 6.45) is 56.1. The van der Waals surface area contributed by atoms with Crippen LogP contribution in [0.15, 0.2) is 0 Å². The van der Waals surface area contributed by atoms with Gasteiger partial charge in [0.2, 0.25) is 5.91 Å². The zero-order valence-corrected chi connectivity index (χ0v) is 41.0. The molecule has 0 rings (SSSR count). The number of aliphatic carboxylic acids is 1. The van der Waals surface area contributed by atoms with E-state index in [4.69, 9.17) is 10.5 Å². The van der Waals surface area contributed by atoms with E-state index < -0.39 is 12.0 Å². The molecular formula is C54H106N2O5. The molecule has 0 bridgehead atoms. The molecule has 0 aromatic carbocycles. The number of nitrogens with one attached hydrogen (secondary N) is 1. The van der Waals surface area contributed by atoms with Gasteiger partial charge in [0.1, 0.15) is 12.1 Å². The average Bonchev–Trinajstić information content (AvgIpc) is 3.25. The van der Waals surface area contributed by atoms with Crippen molar-refractivity contribution in [3.8, 4) is 0 Å². The molecule has 7 nitrogen and oxygen atoms in total. The molecule has 0 fully saturated rings. The molecule has 0 spiro atoms. The number of carbonyl (C=O) groups excluding carboxylic acids is 2. The van der Waals surface area contributed by atoms with Gasteiger partial charge >= 0.3 is 11.9 Å². The molecule has 7 heteroatoms. The lowest BCUT2D eigenvalue weighted by molar-refractivity contribution is -0.150. The number of amides is 1. The smallest absolute Gasteiger partial charge is 0.326 e. The van der Waals surface area contributed by atoms with E-state index in [1.807, 2.05) is 0 Å². The Morgan fingerprint density at radius 2 is 0.705 bits per heavy atom. The maximum atomic E-state index is 12.9. The first-order valence-electron chi connectivity index (χ1n) is 27.4. The SMILES string of the molecule is CCCCCCCCCCCCCCCCCCCCCCCCCC(=O)OC(CCCCCCCCCCCCCC)CCCCCCCC(=O)NC(CCCN)C(=O)O. The molecule has 4 N–H and O–H groups in total. The van der Waals surface area contributed by atoms with Crippen LogP contribution in [0.25, 0.3) is 0 Å². The number of unbranched alkanes of at least 4 members (excludes halogenated alkanes) is 37. The minimum atomic E-state index is -0.998. The maximum absolute atomic E-state index is 12.9. The van der Waals surface area contributed by atoms with Crippen molar-refractivity contribution in [3.05, 3.63) is 0 Å². The number of carboxylic acid groups (broad SMARTS) is 1. The highest BCUT2D eigenvalue weighted by Crippen LogP contribution is 2.20. The predicted octanol–water partition coefficient (Wildman–Crippen LogP) is 16.4. The Morgan fingerprint density at radius 1 is 0.410 bits per heavy atom. The van der Waals surface area contributed by atoms with Crippen LogP contribution in [0.3, 0.4) is 0 Å². The monoisotopic (exact) mass is 863 g/mol. The number of carbonyl (C=O) groups is 3. The molecule has 61 heavy (non-hydrogen) atoms. The van der Waals surface area contributed by atoms with Crippen LogP contribution in [-0.2, 0) is 19.1 Å². The van der Waals surface area contributed by atoms with E-state index in [2.05, 4.69) is 19.2 Å². The van der Waals surface area contributed by atoms with Crippen molar-refractivity contribution in [2.45, 2.75) is 321 Å². The Hall–Kier alpha value is -1.63. The van der Waals surface area contributed by atoms with Crippen LogP contribution in [0.4, 0.5) is 0 Å². The van der Waals surface area contributed by atoms with Crippen LogP contribution in [0.1, 0.15) is 309 Å². The van der Waals surface area contributed by atoms with Gasteiger partial charge in [0.05, 0.1) is 0 Å². The fourth-order valence-corrected chi connectivity index (χ4v) is 8.81. The molecule has 0 aromatic rings. The Balaban J connectivity index is 4.10. The highest BCUT2D eigenvalue weighted by atomic mass is 16.5. The first-order valence-corrected chi connectivity index (χ1v) is 27.4. The number of carboxylic acids is 1. The Kier molecular flexibility index (Phi) is 48.1. The maximum Gasteiger partial charge on any atom is 0.326 e. The van der Waals surface area contributed by atoms with Crippen molar-refractivity contribution < 1.29 is 24.2 Å². The van der Waals surface area contributed by atoms with Crippen LogP contribution in [0.5, 0.6) is 0 Å². The van der Waals surface area contributed by atoms with E-state index >= 15 is 0 Å². The van der Waals surface area contributed by atoms with Gasteiger partial charge in [-0.15, -0.1) is 0 Å². The van der Waals surface area contributed by atoms with Gasteiger partial charge in [-0.3, -0.25) is 9.59 Å². The minimum Gasteiger partial charge on any atom is -0.480 e. The zero-order valence-electron chi connectivity index (χ0n) is 41.0. The second-order valence-electron chi connectivity index (χ2n) is 19.0. The summed E-state index contributed by atoms with van der Waals surface area (Å²) in [5.74, 6) is -1.20. The van der Waals surface area contributed by atoms with E-state index in [0.717, 1.165) is 64.2 Å². The Labute approximate surface area is 379 Å². The third-order valence-electron chi connectivity index (χ3n) is 12.9. The van der Waals surface area contributed by atoms with Gasteiger partial charge in [-0.2, -0.15) is 0 Å². The summed E-state index contributed by atoms with van der Waals surface area (Å²) >= 11 is 0. The van der Waals surface area contributed by atoms with Crippen LogP contribution in [0.2, 0.25) is 0 Å². The zero-order chi connectivity index (χ0) is 44.5. The van der Waals surface area contributed by atoms with E-state index in [1.54, 1.807) is 0 Å². The van der Waals surface area contributed by atoms with Gasteiger partial charge in [-0.25, -0.2) is 4.79 Å². The molecular weight excluding hydrogens is 757 g/mol.